The molecular weight excluding hydrogens is 524 g/mol. The molecule has 1 heterocycles. The zero-order chi connectivity index (χ0) is 30.5. The number of allylic oxidation sites excluding steroid dienone is 3. The van der Waals surface area contributed by atoms with Crippen molar-refractivity contribution in [1.82, 2.24) is 5.32 Å². The minimum absolute atomic E-state index is 0.000308. The van der Waals surface area contributed by atoms with Gasteiger partial charge in [-0.05, 0) is 96.7 Å². The number of Topliss-reactive ketones (excluding diaryl/α,β-unsaturated/α-hetero) is 1. The molecule has 0 radical (unpaired) electrons. The summed E-state index contributed by atoms with van der Waals surface area (Å²) < 4.78 is 11.3. The Balaban J connectivity index is 1.39. The number of alkyl carbamates (subject to hydrolysis) is 1. The van der Waals surface area contributed by atoms with E-state index >= 15 is 0 Å². The molecule has 5 fully saturated rings. The van der Waals surface area contributed by atoms with Gasteiger partial charge in [-0.1, -0.05) is 66.7 Å². The third-order valence-corrected chi connectivity index (χ3v) is 14.1. The molecule has 5 aliphatic carbocycles. The van der Waals surface area contributed by atoms with E-state index in [1.807, 2.05) is 0 Å². The van der Waals surface area contributed by atoms with E-state index in [0.717, 1.165) is 57.8 Å². The maximum atomic E-state index is 13.4. The fourth-order valence-corrected chi connectivity index (χ4v) is 11.7. The van der Waals surface area contributed by atoms with Crippen LogP contribution >= 0.6 is 0 Å². The summed E-state index contributed by atoms with van der Waals surface area (Å²) in [6.07, 6.45) is 10.4. The highest BCUT2D eigenvalue weighted by Crippen LogP contribution is 2.76. The van der Waals surface area contributed by atoms with Crippen LogP contribution in [0.5, 0.6) is 0 Å². The Kier molecular flexibility index (Phi) is 6.72. The molecule has 6 aliphatic rings. The number of nitrogens with one attached hydrogen (secondary N) is 1. The van der Waals surface area contributed by atoms with Crippen LogP contribution in [-0.2, 0) is 14.3 Å². The van der Waals surface area contributed by atoms with Crippen LogP contribution in [0.2, 0.25) is 0 Å². The van der Waals surface area contributed by atoms with Gasteiger partial charge in [0.05, 0.1) is 18.8 Å². The van der Waals surface area contributed by atoms with E-state index in [1.165, 1.54) is 5.57 Å². The van der Waals surface area contributed by atoms with Crippen LogP contribution in [0.1, 0.15) is 106 Å². The Morgan fingerprint density at radius 1 is 1.02 bits per heavy atom. The molecule has 6 nitrogen and oxygen atoms in total. The van der Waals surface area contributed by atoms with E-state index in [4.69, 9.17) is 16.1 Å². The van der Waals surface area contributed by atoms with Gasteiger partial charge in [0.15, 0.2) is 5.78 Å². The molecule has 1 amide bonds. The Morgan fingerprint density at radius 2 is 1.74 bits per heavy atom. The molecule has 6 rings (SSSR count). The molecule has 1 saturated heterocycles. The van der Waals surface area contributed by atoms with Crippen LogP contribution in [0, 0.1) is 62.1 Å². The number of carbonyl (C=O) groups excluding carboxylic acids is 2. The zero-order valence-electron chi connectivity index (χ0n) is 27.0. The molecule has 4 saturated carbocycles. The van der Waals surface area contributed by atoms with Gasteiger partial charge in [-0.25, -0.2) is 4.79 Å². The highest BCUT2D eigenvalue weighted by atomic mass is 16.6. The van der Waals surface area contributed by atoms with Gasteiger partial charge >= 0.3 is 6.09 Å². The van der Waals surface area contributed by atoms with Crippen molar-refractivity contribution < 1.29 is 19.1 Å². The fraction of sp³-hybridized carbons (Fsp3) is 0.806. The number of ether oxygens (including phenoxy) is 2. The lowest BCUT2D eigenvalue weighted by molar-refractivity contribution is -0.201. The lowest BCUT2D eigenvalue weighted by atomic mass is 9.32. The van der Waals surface area contributed by atoms with Gasteiger partial charge in [0.25, 0.3) is 0 Å². The highest BCUT2D eigenvalue weighted by Gasteiger charge is 2.71. The molecule has 0 bridgehead atoms. The van der Waals surface area contributed by atoms with E-state index in [1.54, 1.807) is 0 Å². The summed E-state index contributed by atoms with van der Waals surface area (Å²) in [7, 11) is 0. The molecule has 230 valence electrons. The predicted molar refractivity (Wildman–Crippen MR) is 162 cm³/mol. The van der Waals surface area contributed by atoms with Gasteiger partial charge in [0.1, 0.15) is 12.2 Å². The molecule has 0 spiro atoms. The minimum Gasteiger partial charge on any atom is -0.444 e. The molecule has 3 unspecified atom stereocenters. The van der Waals surface area contributed by atoms with Gasteiger partial charge in [-0.3, -0.25) is 4.79 Å². The van der Waals surface area contributed by atoms with Crippen molar-refractivity contribution in [3.05, 3.63) is 23.8 Å². The van der Waals surface area contributed by atoms with Crippen LogP contribution in [0.25, 0.3) is 0 Å². The SMILES string of the molecule is C=C1C[C@@H]2[C@@]3(C)C=C(C#N)C(=O)C(C)(C)[C@@H]3CC[C@@]2(C)[C@]2(C)CC[C@@]3(NC(=O)OC4CCOC4)CCC(C)(C)CC3C12. The molecule has 0 aromatic rings. The first kappa shape index (κ1) is 29.9. The summed E-state index contributed by atoms with van der Waals surface area (Å²) in [5.41, 5.74) is 0.750. The lowest BCUT2D eigenvalue weighted by Crippen LogP contribution is -2.70. The summed E-state index contributed by atoms with van der Waals surface area (Å²) in [6.45, 7) is 22.2. The minimum atomic E-state index is -0.557. The second-order valence-electron chi connectivity index (χ2n) is 17.1. The van der Waals surface area contributed by atoms with Gasteiger partial charge in [0.2, 0.25) is 0 Å². The van der Waals surface area contributed by atoms with Crippen LogP contribution in [0.4, 0.5) is 4.79 Å². The summed E-state index contributed by atoms with van der Waals surface area (Å²) in [6, 6.07) is 2.28. The number of ketones is 1. The number of hydrogen-bond acceptors (Lipinski definition) is 5. The third kappa shape index (κ3) is 4.04. The van der Waals surface area contributed by atoms with Gasteiger partial charge in [-0.15, -0.1) is 0 Å². The maximum absolute atomic E-state index is 13.4. The number of amides is 1. The number of fused-ring (bicyclic) bond motifs is 7. The first-order valence-electron chi connectivity index (χ1n) is 16.5. The molecular formula is C36H52N2O4. The standard InChI is InChI=1S/C36H52N2O4/c1-22-17-27-33(6)18-23(20-37)29(39)32(4,5)26(33)9-11-34(27,7)35(8)13-15-36(38-30(40)42-24-10-16-41-21-24)14-12-31(2,3)19-25(36)28(22)35/h18,24-28H,1,9-17,19,21H2,2-8H3,(H,38,40)/t24?,25?,26-,27+,28?,33-,34+,35+,36-/m0/s1. The van der Waals surface area contributed by atoms with Crippen molar-refractivity contribution in [3.8, 4) is 6.07 Å². The van der Waals surface area contributed by atoms with Crippen molar-refractivity contribution >= 4 is 11.9 Å². The van der Waals surface area contributed by atoms with Crippen molar-refractivity contribution in [2.24, 2.45) is 50.7 Å². The molecule has 9 atom stereocenters. The van der Waals surface area contributed by atoms with E-state index < -0.39 is 5.41 Å². The summed E-state index contributed by atoms with van der Waals surface area (Å²) in [4.78, 5) is 26.7. The molecule has 1 N–H and O–H groups in total. The molecule has 0 aromatic heterocycles. The second-order valence-corrected chi connectivity index (χ2v) is 17.1. The van der Waals surface area contributed by atoms with Crippen molar-refractivity contribution in [3.63, 3.8) is 0 Å². The predicted octanol–water partition coefficient (Wildman–Crippen LogP) is 7.54. The zero-order valence-corrected chi connectivity index (χ0v) is 27.0. The molecule has 6 heteroatoms. The monoisotopic (exact) mass is 576 g/mol. The quantitative estimate of drug-likeness (QED) is 0.343. The lowest BCUT2D eigenvalue weighted by Gasteiger charge is -2.73. The average Bonchev–Trinajstić information content (AvgIpc) is 3.41. The number of hydrogen-bond donors (Lipinski definition) is 1. The fourth-order valence-electron chi connectivity index (χ4n) is 11.7. The summed E-state index contributed by atoms with van der Waals surface area (Å²) >= 11 is 0. The maximum Gasteiger partial charge on any atom is 0.407 e. The number of nitriles is 1. The van der Waals surface area contributed by atoms with E-state index in [9.17, 15) is 14.9 Å². The number of nitrogens with zero attached hydrogens (tertiary/aromatic N) is 1. The van der Waals surface area contributed by atoms with Crippen molar-refractivity contribution in [2.75, 3.05) is 13.2 Å². The smallest absolute Gasteiger partial charge is 0.407 e. The Bertz CT molecular complexity index is 1270. The molecule has 42 heavy (non-hydrogen) atoms. The third-order valence-electron chi connectivity index (χ3n) is 14.1. The van der Waals surface area contributed by atoms with Gasteiger partial charge in [-0.2, -0.15) is 5.26 Å². The van der Waals surface area contributed by atoms with Gasteiger partial charge < -0.3 is 14.8 Å². The van der Waals surface area contributed by atoms with Crippen molar-refractivity contribution in [1.29, 1.82) is 5.26 Å². The van der Waals surface area contributed by atoms with E-state index in [2.05, 4.69) is 65.9 Å². The average molecular weight is 577 g/mol. The first-order chi connectivity index (χ1) is 19.5. The largest absolute Gasteiger partial charge is 0.444 e. The Morgan fingerprint density at radius 3 is 2.40 bits per heavy atom. The van der Waals surface area contributed by atoms with E-state index in [-0.39, 0.29) is 57.0 Å². The molecule has 1 aliphatic heterocycles. The normalized spacial score (nSPS) is 47.1. The van der Waals surface area contributed by atoms with Crippen LogP contribution < -0.4 is 5.32 Å². The van der Waals surface area contributed by atoms with Crippen molar-refractivity contribution in [2.45, 2.75) is 118 Å². The second kappa shape index (κ2) is 9.43. The summed E-state index contributed by atoms with van der Waals surface area (Å²) in [5, 5.41) is 13.5. The van der Waals surface area contributed by atoms with Gasteiger partial charge in [0, 0.05) is 17.4 Å². The topological polar surface area (TPSA) is 88.4 Å². The Hall–Kier alpha value is -2.13. The van der Waals surface area contributed by atoms with Crippen LogP contribution in [-0.4, -0.2) is 36.7 Å². The number of carbonyl (C=O) groups is 2. The number of rotatable bonds is 2. The first-order valence-corrected chi connectivity index (χ1v) is 16.5. The van der Waals surface area contributed by atoms with Crippen LogP contribution in [0.15, 0.2) is 23.8 Å². The Labute approximate surface area is 253 Å². The molecule has 0 aromatic carbocycles. The summed E-state index contributed by atoms with van der Waals surface area (Å²) in [5.74, 6) is 1.09. The van der Waals surface area contributed by atoms with E-state index in [0.29, 0.717) is 30.6 Å². The van der Waals surface area contributed by atoms with Crippen LogP contribution in [0.3, 0.4) is 0 Å². The highest BCUT2D eigenvalue weighted by molar-refractivity contribution is 6.04.